The van der Waals surface area contributed by atoms with Crippen LogP contribution < -0.4 is 54.6 Å². The number of nitrogens with two attached hydrogens (primary N) is 1. The van der Waals surface area contributed by atoms with Crippen LogP contribution in [-0.4, -0.2) is 175 Å². The first-order valence-electron chi connectivity index (χ1n) is 23.1. The van der Waals surface area contributed by atoms with Crippen molar-refractivity contribution in [3.8, 4) is 0 Å². The number of amides is 6. The highest BCUT2D eigenvalue weighted by molar-refractivity contribution is 5.98. The number of ether oxygens (including phenoxy) is 2. The third-order valence-corrected chi connectivity index (χ3v) is 11.8. The molecule has 8 heterocycles. The second-order valence-electron chi connectivity index (χ2n) is 16.8. The third-order valence-electron chi connectivity index (χ3n) is 11.8. The van der Waals surface area contributed by atoms with Gasteiger partial charge in [-0.25, -0.2) is 0 Å². The number of fused-ring (bicyclic) bond motifs is 2. The molecular weight excluding hydrogens is 965 g/mol. The van der Waals surface area contributed by atoms with Gasteiger partial charge in [-0.1, -0.05) is 12.1 Å². The van der Waals surface area contributed by atoms with Crippen LogP contribution in [-0.2, 0) is 20.8 Å². The Labute approximate surface area is 413 Å². The van der Waals surface area contributed by atoms with Crippen molar-refractivity contribution in [1.29, 1.82) is 0 Å². The van der Waals surface area contributed by atoms with Crippen molar-refractivity contribution >= 4 is 35.4 Å². The summed E-state index contributed by atoms with van der Waals surface area (Å²) in [4.78, 5) is 136. The van der Waals surface area contributed by atoms with Crippen molar-refractivity contribution in [3.05, 3.63) is 136 Å². The molecule has 28 heteroatoms. The number of hydrogen-bond acceptors (Lipinski definition) is 18. The zero-order chi connectivity index (χ0) is 52.8. The lowest BCUT2D eigenvalue weighted by molar-refractivity contribution is -0.126. The molecule has 0 spiro atoms. The Morgan fingerprint density at radius 1 is 0.658 bits per heavy atom. The number of nitrogens with one attached hydrogen (secondary N) is 5. The van der Waals surface area contributed by atoms with E-state index in [0.717, 1.165) is 47.4 Å². The summed E-state index contributed by atoms with van der Waals surface area (Å²) in [6.07, 6.45) is 0.159. The van der Waals surface area contributed by atoms with Gasteiger partial charge >= 0.3 is 0 Å². The molecule has 73 heavy (non-hydrogen) atoms. The van der Waals surface area contributed by atoms with Gasteiger partial charge in [0.15, 0.2) is 0 Å². The van der Waals surface area contributed by atoms with Crippen LogP contribution in [0, 0.1) is 0 Å². The Bertz CT molecular complexity index is 2930. The maximum Gasteiger partial charge on any atom is 0.296 e. The van der Waals surface area contributed by atoms with Crippen molar-refractivity contribution in [2.24, 2.45) is 5.73 Å². The second-order valence-corrected chi connectivity index (χ2v) is 16.8. The van der Waals surface area contributed by atoms with Crippen molar-refractivity contribution < 1.29 is 59.1 Å². The average molecular weight is 1020 g/mol. The van der Waals surface area contributed by atoms with E-state index < -0.39 is 104 Å². The number of rotatable bonds is 9. The molecule has 6 amide bonds. The van der Waals surface area contributed by atoms with E-state index in [4.69, 9.17) is 15.2 Å². The lowest BCUT2D eigenvalue weighted by Crippen LogP contribution is -2.52. The van der Waals surface area contributed by atoms with E-state index >= 15 is 0 Å². The monoisotopic (exact) mass is 1020 g/mol. The topological polar surface area (TPSA) is 382 Å². The molecule has 392 valence electrons. The minimum Gasteiger partial charge on any atom is -0.425 e. The summed E-state index contributed by atoms with van der Waals surface area (Å²) >= 11 is 0. The lowest BCUT2D eigenvalue weighted by Gasteiger charge is -2.32. The fraction of sp³-hybridized carbons (Fsp3) is 0.422. The molecule has 28 nitrogen and oxygen atoms in total. The maximum absolute atomic E-state index is 14.4. The smallest absolute Gasteiger partial charge is 0.296 e. The molecule has 11 N–H and O–H groups in total. The summed E-state index contributed by atoms with van der Waals surface area (Å²) in [7, 11) is 0. The van der Waals surface area contributed by atoms with Crippen LogP contribution in [0.5, 0.6) is 0 Å². The molecule has 0 saturated carbocycles. The van der Waals surface area contributed by atoms with Gasteiger partial charge in [0.2, 0.25) is 5.91 Å². The third kappa shape index (κ3) is 13.3. The Kier molecular flexibility index (Phi) is 18.6. The Morgan fingerprint density at radius 3 is 1.79 bits per heavy atom. The first-order chi connectivity index (χ1) is 35.0. The number of aromatic nitrogens is 4. The Balaban J connectivity index is 1.33. The maximum atomic E-state index is 14.4. The first kappa shape index (κ1) is 54.0. The molecule has 4 aliphatic rings. The van der Waals surface area contributed by atoms with Crippen LogP contribution >= 0.6 is 0 Å². The van der Waals surface area contributed by atoms with Crippen LogP contribution in [0.1, 0.15) is 83.6 Å². The minimum atomic E-state index is -1.33. The number of pyridine rings is 4. The number of hydrogen-bond donors (Lipinski definition) is 10. The molecule has 0 radical (unpaired) electrons. The SMILES string of the molecule is NCCOCCNC(=O)C1CCCN(Cc2cccc(=O)n2O)CCCNC(=O)c2ccc(c(=O)n2O)C(=O)N[C@@H]2COC[C@@H]2NC(=O)c2ccc(n(O)c2=O)C(=O)NCCCN1C(=O)c1cccc(=O)n1O. The van der Waals surface area contributed by atoms with Gasteiger partial charge in [-0.05, 0) is 68.6 Å². The molecule has 4 aromatic rings. The van der Waals surface area contributed by atoms with E-state index in [0.29, 0.717) is 4.73 Å². The van der Waals surface area contributed by atoms with Gasteiger partial charge in [0.05, 0.1) is 44.2 Å². The van der Waals surface area contributed by atoms with Crippen molar-refractivity contribution in [3.63, 3.8) is 0 Å². The van der Waals surface area contributed by atoms with Gasteiger partial charge in [0.1, 0.15) is 34.3 Å². The van der Waals surface area contributed by atoms with Crippen LogP contribution in [0.4, 0.5) is 0 Å². The zero-order valence-electron chi connectivity index (χ0n) is 39.3. The van der Waals surface area contributed by atoms with Gasteiger partial charge in [-0.2, -0.15) is 4.73 Å². The van der Waals surface area contributed by atoms with Gasteiger partial charge in [0.25, 0.3) is 51.8 Å². The first-order valence-corrected chi connectivity index (χ1v) is 23.1. The van der Waals surface area contributed by atoms with Crippen molar-refractivity contribution in [1.82, 2.24) is 55.3 Å². The second kappa shape index (κ2) is 25.2. The Hall–Kier alpha value is -8.34. The van der Waals surface area contributed by atoms with Crippen LogP contribution in [0.3, 0.4) is 0 Å². The predicted octanol–water partition coefficient (Wildman–Crippen LogP) is -3.65. The Morgan fingerprint density at radius 2 is 1.21 bits per heavy atom. The number of carbonyl (C=O) groups excluding carboxylic acids is 6. The van der Waals surface area contributed by atoms with E-state index in [1.807, 2.05) is 0 Å². The normalized spacial score (nSPS) is 19.0. The summed E-state index contributed by atoms with van der Waals surface area (Å²) in [6, 6.07) is 8.20. The average Bonchev–Trinajstić information content (AvgIpc) is 3.80. The molecule has 4 bridgehead atoms. The highest BCUT2D eigenvalue weighted by atomic mass is 16.5. The highest BCUT2D eigenvalue weighted by Gasteiger charge is 2.35. The minimum absolute atomic E-state index is 0.00892. The molecule has 4 aromatic heterocycles. The molecule has 8 rings (SSSR count). The van der Waals surface area contributed by atoms with Gasteiger partial charge < -0.3 is 67.5 Å². The molecule has 4 aliphatic heterocycles. The van der Waals surface area contributed by atoms with Crippen molar-refractivity contribution in [2.75, 3.05) is 72.2 Å². The molecular formula is C45H56N12O16. The number of carbonyl (C=O) groups is 6. The van der Waals surface area contributed by atoms with Gasteiger partial charge in [-0.3, -0.25) is 52.8 Å². The zero-order valence-corrected chi connectivity index (χ0v) is 39.3. The summed E-state index contributed by atoms with van der Waals surface area (Å²) < 4.78 is 11.3. The fourth-order valence-electron chi connectivity index (χ4n) is 8.03. The molecule has 3 atom stereocenters. The molecule has 1 unspecified atom stereocenters. The van der Waals surface area contributed by atoms with Crippen LogP contribution in [0.2, 0.25) is 0 Å². The van der Waals surface area contributed by atoms with Crippen molar-refractivity contribution in [2.45, 2.75) is 50.4 Å². The van der Waals surface area contributed by atoms with E-state index in [2.05, 4.69) is 26.6 Å². The summed E-state index contributed by atoms with van der Waals surface area (Å²) in [5, 5.41) is 55.6. The van der Waals surface area contributed by atoms with Gasteiger partial charge in [0, 0.05) is 57.9 Å². The van der Waals surface area contributed by atoms with E-state index in [1.54, 1.807) is 4.90 Å². The molecule has 1 saturated heterocycles. The molecule has 1 fully saturated rings. The van der Waals surface area contributed by atoms with E-state index in [1.165, 1.54) is 18.2 Å². The molecule has 0 aliphatic carbocycles. The van der Waals surface area contributed by atoms with E-state index in [9.17, 15) is 68.8 Å². The molecule has 0 aromatic carbocycles. The predicted molar refractivity (Wildman–Crippen MR) is 251 cm³/mol. The number of nitrogens with zero attached hydrogens (tertiary/aromatic N) is 6. The summed E-state index contributed by atoms with van der Waals surface area (Å²) in [5.41, 5.74) is -1.36. The fourth-order valence-corrected chi connectivity index (χ4v) is 8.03. The lowest BCUT2D eigenvalue weighted by atomic mass is 10.1. The quantitative estimate of drug-likeness (QED) is 0.0571. The highest BCUT2D eigenvalue weighted by Crippen LogP contribution is 2.16. The summed E-state index contributed by atoms with van der Waals surface area (Å²) in [6.45, 7) is -0.210. The standard InChI is InChI=1S/C45H56N12O16/c46-15-22-72-23-18-49-40(62)32-8-3-19-52(24-27-6-1-9-36(58)54(27)68)20-4-16-47-41(63)33-13-11-28(43(65)56(33)70)38(60)50-30-25-73-26-31(30)51-39(61)29-12-14-34(57(71)44(29)66)42(64)48-17-5-21-53(32)45(67)35-7-2-10-37(59)55(35)69/h1-2,6-7,9-14,30-32,68-71H,3-5,8,15-26,46H2,(H,47,63)(H,48,64)(H,49,62)(H,50,60)(H,51,61)/t30-,31+,32?/m1/s1. The largest absolute Gasteiger partial charge is 0.425 e. The van der Waals surface area contributed by atoms with Gasteiger partial charge in [-0.15, -0.1) is 14.2 Å². The van der Waals surface area contributed by atoms with E-state index in [-0.39, 0.29) is 124 Å². The van der Waals surface area contributed by atoms with Crippen LogP contribution in [0.25, 0.3) is 0 Å². The summed E-state index contributed by atoms with van der Waals surface area (Å²) in [5.74, 6) is -5.55. The van der Waals surface area contributed by atoms with Crippen LogP contribution in [0.15, 0.2) is 79.8 Å².